The molecule has 0 radical (unpaired) electrons. The quantitative estimate of drug-likeness (QED) is 0.673. The van der Waals surface area contributed by atoms with Crippen molar-refractivity contribution >= 4 is 5.91 Å². The molecule has 0 rings (SSSR count). The van der Waals surface area contributed by atoms with Crippen molar-refractivity contribution in [1.82, 2.24) is 10.2 Å². The summed E-state index contributed by atoms with van der Waals surface area (Å²) in [4.78, 5) is 14.3. The highest BCUT2D eigenvalue weighted by Gasteiger charge is 2.20. The molecule has 3 N–H and O–H groups in total. The first-order valence-corrected chi connectivity index (χ1v) is 7.44. The standard InChI is InChI=1S/C15H33N3O/c1-11(2)14(10-18(5)6)17-15(19)12(3)8-7-9-13(4)16/h11-14H,7-10,16H2,1-6H3,(H,17,19). The molecule has 4 heteroatoms. The van der Waals surface area contributed by atoms with Gasteiger partial charge < -0.3 is 16.0 Å². The lowest BCUT2D eigenvalue weighted by Crippen LogP contribution is -2.46. The summed E-state index contributed by atoms with van der Waals surface area (Å²) in [6.07, 6.45) is 2.93. The SMILES string of the molecule is CC(N)CCCC(C)C(=O)NC(CN(C)C)C(C)C. The van der Waals surface area contributed by atoms with Crippen LogP contribution >= 0.6 is 0 Å². The summed E-state index contributed by atoms with van der Waals surface area (Å²) in [6.45, 7) is 9.20. The van der Waals surface area contributed by atoms with Crippen LogP contribution < -0.4 is 11.1 Å². The molecule has 1 amide bonds. The van der Waals surface area contributed by atoms with E-state index < -0.39 is 0 Å². The van der Waals surface area contributed by atoms with Crippen LogP contribution in [0.25, 0.3) is 0 Å². The fraction of sp³-hybridized carbons (Fsp3) is 0.933. The Balaban J connectivity index is 4.16. The van der Waals surface area contributed by atoms with Gasteiger partial charge in [-0.1, -0.05) is 27.2 Å². The van der Waals surface area contributed by atoms with Gasteiger partial charge in [0.15, 0.2) is 0 Å². The summed E-state index contributed by atoms with van der Waals surface area (Å²) in [7, 11) is 4.07. The third-order valence-electron chi connectivity index (χ3n) is 3.44. The fourth-order valence-electron chi connectivity index (χ4n) is 2.02. The molecule has 19 heavy (non-hydrogen) atoms. The van der Waals surface area contributed by atoms with Gasteiger partial charge in [-0.3, -0.25) is 4.79 Å². The van der Waals surface area contributed by atoms with Crippen LogP contribution in [0.15, 0.2) is 0 Å². The monoisotopic (exact) mass is 271 g/mol. The van der Waals surface area contributed by atoms with Crippen molar-refractivity contribution in [2.45, 2.75) is 59.0 Å². The van der Waals surface area contributed by atoms with Gasteiger partial charge in [-0.2, -0.15) is 0 Å². The number of carbonyl (C=O) groups excluding carboxylic acids is 1. The molecule has 114 valence electrons. The van der Waals surface area contributed by atoms with Crippen molar-refractivity contribution in [3.63, 3.8) is 0 Å². The zero-order valence-corrected chi connectivity index (χ0v) is 13.6. The zero-order valence-electron chi connectivity index (χ0n) is 13.6. The molecule has 0 aliphatic rings. The van der Waals surface area contributed by atoms with Gasteiger partial charge in [0.2, 0.25) is 5.91 Å². The Morgan fingerprint density at radius 2 is 1.74 bits per heavy atom. The van der Waals surface area contributed by atoms with Crippen LogP contribution in [-0.2, 0) is 4.79 Å². The molecule has 0 aromatic heterocycles. The Bertz CT molecular complexity index is 252. The van der Waals surface area contributed by atoms with E-state index in [9.17, 15) is 4.79 Å². The molecule has 4 nitrogen and oxygen atoms in total. The van der Waals surface area contributed by atoms with E-state index >= 15 is 0 Å². The van der Waals surface area contributed by atoms with E-state index in [1.54, 1.807) is 0 Å². The number of amides is 1. The van der Waals surface area contributed by atoms with Gasteiger partial charge in [-0.25, -0.2) is 0 Å². The predicted octanol–water partition coefficient (Wildman–Crippen LogP) is 1.84. The van der Waals surface area contributed by atoms with Gasteiger partial charge in [0.05, 0.1) is 0 Å². The van der Waals surface area contributed by atoms with Crippen molar-refractivity contribution in [3.05, 3.63) is 0 Å². The Morgan fingerprint density at radius 1 is 1.16 bits per heavy atom. The second kappa shape index (κ2) is 9.32. The lowest BCUT2D eigenvalue weighted by Gasteiger charge is -2.27. The summed E-state index contributed by atoms with van der Waals surface area (Å²) >= 11 is 0. The molecule has 3 unspecified atom stereocenters. The molecule has 0 aliphatic carbocycles. The summed E-state index contributed by atoms with van der Waals surface area (Å²) < 4.78 is 0. The Hall–Kier alpha value is -0.610. The molecule has 0 aliphatic heterocycles. The minimum absolute atomic E-state index is 0.0714. The number of nitrogens with zero attached hydrogens (tertiary/aromatic N) is 1. The average molecular weight is 271 g/mol. The third kappa shape index (κ3) is 9.00. The van der Waals surface area contributed by atoms with Crippen molar-refractivity contribution in [3.8, 4) is 0 Å². The summed E-state index contributed by atoms with van der Waals surface area (Å²) in [5.74, 6) is 0.690. The number of carbonyl (C=O) groups is 1. The van der Waals surface area contributed by atoms with Gasteiger partial charge in [0.25, 0.3) is 0 Å². The van der Waals surface area contributed by atoms with E-state index in [1.807, 2.05) is 27.9 Å². The second-order valence-corrected chi connectivity index (χ2v) is 6.43. The Kier molecular flexibility index (Phi) is 9.02. The van der Waals surface area contributed by atoms with Crippen LogP contribution in [0.5, 0.6) is 0 Å². The van der Waals surface area contributed by atoms with Crippen LogP contribution in [0.4, 0.5) is 0 Å². The highest BCUT2D eigenvalue weighted by Crippen LogP contribution is 2.11. The molecule has 0 heterocycles. The molecular weight excluding hydrogens is 238 g/mol. The molecular formula is C15H33N3O. The maximum absolute atomic E-state index is 12.2. The van der Waals surface area contributed by atoms with Crippen LogP contribution in [0.3, 0.4) is 0 Å². The summed E-state index contributed by atoms with van der Waals surface area (Å²) in [5, 5.41) is 3.17. The van der Waals surface area contributed by atoms with E-state index in [2.05, 4.69) is 24.1 Å². The number of rotatable bonds is 9. The van der Waals surface area contributed by atoms with E-state index in [1.165, 1.54) is 0 Å². The maximum Gasteiger partial charge on any atom is 0.223 e. The summed E-state index contributed by atoms with van der Waals surface area (Å²) in [5.41, 5.74) is 5.72. The largest absolute Gasteiger partial charge is 0.352 e. The third-order valence-corrected chi connectivity index (χ3v) is 3.44. The summed E-state index contributed by atoms with van der Waals surface area (Å²) in [6, 6.07) is 0.450. The molecule has 0 saturated heterocycles. The van der Waals surface area contributed by atoms with E-state index in [0.717, 1.165) is 25.8 Å². The highest BCUT2D eigenvalue weighted by atomic mass is 16.1. The van der Waals surface area contributed by atoms with Gasteiger partial charge in [0, 0.05) is 24.5 Å². The molecule has 3 atom stereocenters. The highest BCUT2D eigenvalue weighted by molar-refractivity contribution is 5.78. The van der Waals surface area contributed by atoms with Crippen LogP contribution in [0.1, 0.15) is 47.0 Å². The van der Waals surface area contributed by atoms with Gasteiger partial charge >= 0.3 is 0 Å². The van der Waals surface area contributed by atoms with Crippen LogP contribution in [0.2, 0.25) is 0 Å². The first-order valence-electron chi connectivity index (χ1n) is 7.44. The van der Waals surface area contributed by atoms with Crippen molar-refractivity contribution in [2.75, 3.05) is 20.6 Å². The first kappa shape index (κ1) is 18.4. The van der Waals surface area contributed by atoms with Gasteiger partial charge in [-0.15, -0.1) is 0 Å². The van der Waals surface area contributed by atoms with Gasteiger partial charge in [0.1, 0.15) is 0 Å². The molecule has 0 fully saturated rings. The van der Waals surface area contributed by atoms with Crippen molar-refractivity contribution < 1.29 is 4.79 Å². The zero-order chi connectivity index (χ0) is 15.0. The van der Waals surface area contributed by atoms with Crippen LogP contribution in [-0.4, -0.2) is 43.5 Å². The topological polar surface area (TPSA) is 58.4 Å². The molecule has 0 aromatic rings. The number of nitrogens with two attached hydrogens (primary N) is 1. The molecule has 0 saturated carbocycles. The van der Waals surface area contributed by atoms with E-state index in [-0.39, 0.29) is 23.9 Å². The van der Waals surface area contributed by atoms with Crippen molar-refractivity contribution in [1.29, 1.82) is 0 Å². The first-order chi connectivity index (χ1) is 8.73. The Labute approximate surface area is 119 Å². The maximum atomic E-state index is 12.2. The smallest absolute Gasteiger partial charge is 0.223 e. The second-order valence-electron chi connectivity index (χ2n) is 6.43. The number of nitrogens with one attached hydrogen (secondary N) is 1. The van der Waals surface area contributed by atoms with E-state index in [0.29, 0.717) is 5.92 Å². The minimum Gasteiger partial charge on any atom is -0.352 e. The normalized spacial score (nSPS) is 16.5. The Morgan fingerprint density at radius 3 is 2.16 bits per heavy atom. The predicted molar refractivity (Wildman–Crippen MR) is 82.0 cm³/mol. The lowest BCUT2D eigenvalue weighted by atomic mass is 9.99. The van der Waals surface area contributed by atoms with E-state index in [4.69, 9.17) is 5.73 Å². The number of hydrogen-bond acceptors (Lipinski definition) is 3. The number of hydrogen-bond donors (Lipinski definition) is 2. The average Bonchev–Trinajstić information content (AvgIpc) is 2.26. The minimum atomic E-state index is 0.0714. The van der Waals surface area contributed by atoms with Crippen LogP contribution in [0, 0.1) is 11.8 Å². The molecule has 0 bridgehead atoms. The fourth-order valence-corrected chi connectivity index (χ4v) is 2.02. The molecule has 0 spiro atoms. The molecule has 0 aromatic carbocycles. The van der Waals surface area contributed by atoms with Gasteiger partial charge in [-0.05, 0) is 39.8 Å². The number of likely N-dealkylation sites (N-methyl/N-ethyl adjacent to an activating group) is 1. The lowest BCUT2D eigenvalue weighted by molar-refractivity contribution is -0.125. The van der Waals surface area contributed by atoms with Crippen molar-refractivity contribution in [2.24, 2.45) is 17.6 Å².